The zero-order chi connectivity index (χ0) is 49.1. The van der Waals surface area contributed by atoms with Gasteiger partial charge in [-0.05, 0) is 121 Å². The van der Waals surface area contributed by atoms with Gasteiger partial charge in [0.05, 0.1) is 16.9 Å². The second-order valence-corrected chi connectivity index (χ2v) is 22.2. The first kappa shape index (κ1) is 48.1. The number of pyridine rings is 1. The van der Waals surface area contributed by atoms with Gasteiger partial charge in [0.2, 0.25) is 0 Å². The van der Waals surface area contributed by atoms with Crippen molar-refractivity contribution in [3.8, 4) is 5.82 Å². The zero-order valence-corrected chi connectivity index (χ0v) is 45.4. The van der Waals surface area contributed by atoms with Crippen molar-refractivity contribution in [2.45, 2.75) is 111 Å². The Bertz CT molecular complexity index is 3500. The van der Waals surface area contributed by atoms with Crippen LogP contribution in [0.3, 0.4) is 0 Å². The number of aryl methyl sites for hydroxylation is 4. The molecule has 6 heteroatoms. The average molecular weight is 1110 g/mol. The molecule has 0 N–H and O–H groups in total. The molecule has 0 saturated carbocycles. The Labute approximate surface area is 435 Å². The van der Waals surface area contributed by atoms with Crippen LogP contribution >= 0.6 is 0 Å². The van der Waals surface area contributed by atoms with E-state index in [0.717, 1.165) is 56.3 Å². The van der Waals surface area contributed by atoms with Gasteiger partial charge in [0.15, 0.2) is 0 Å². The number of amidine groups is 1. The van der Waals surface area contributed by atoms with Crippen LogP contribution in [0.15, 0.2) is 163 Å². The fraction of sp³-hybridized carbons (Fsp3) is 0.262. The van der Waals surface area contributed by atoms with Crippen molar-refractivity contribution in [2.75, 3.05) is 9.80 Å². The molecule has 71 heavy (non-hydrogen) atoms. The van der Waals surface area contributed by atoms with Gasteiger partial charge in [-0.1, -0.05) is 168 Å². The van der Waals surface area contributed by atoms with Crippen LogP contribution in [0.4, 0.5) is 22.7 Å². The predicted molar refractivity (Wildman–Crippen MR) is 293 cm³/mol. The number of nitrogens with zero attached hydrogens (tertiary/aromatic N) is 5. The summed E-state index contributed by atoms with van der Waals surface area (Å²) in [6.45, 7) is 27.6. The monoisotopic (exact) mass is 1110 g/mol. The molecule has 358 valence electrons. The molecule has 0 bridgehead atoms. The number of anilines is 4. The maximum Gasteiger partial charge on any atom is 2.00 e. The van der Waals surface area contributed by atoms with Gasteiger partial charge in [0.1, 0.15) is 5.82 Å². The quantitative estimate of drug-likeness (QED) is 0.149. The van der Waals surface area contributed by atoms with E-state index in [2.05, 4.69) is 261 Å². The first-order valence-electron chi connectivity index (χ1n) is 24.9. The van der Waals surface area contributed by atoms with Crippen LogP contribution in [0.2, 0.25) is 0 Å². The van der Waals surface area contributed by atoms with E-state index in [1.165, 1.54) is 55.6 Å². The van der Waals surface area contributed by atoms with Crippen LogP contribution in [-0.4, -0.2) is 26.5 Å². The summed E-state index contributed by atoms with van der Waals surface area (Å²) < 4.78 is 2.31. The SMILES string of the molecule is Cc1cc(C)c(N2C(c3[c-]c(N4c5[c-]c6c(cc5C(C)(C)c5ccccc54)c4ccccc4n6-c4cc(C(C)(C)C)ccn4)c(C)cc3)=N[C@](C)(C(c3ccccc3)c3ccccc3)C2(C)C)c(C)c1.[Pt+2]. The van der Waals surface area contributed by atoms with E-state index in [-0.39, 0.29) is 37.8 Å². The first-order chi connectivity index (χ1) is 33.4. The van der Waals surface area contributed by atoms with E-state index < -0.39 is 11.1 Å². The molecule has 5 nitrogen and oxygen atoms in total. The molecular formula is C65H63N5Pt. The van der Waals surface area contributed by atoms with E-state index in [9.17, 15) is 0 Å². The first-order valence-corrected chi connectivity index (χ1v) is 24.9. The summed E-state index contributed by atoms with van der Waals surface area (Å²) in [5, 5.41) is 2.34. The Hall–Kier alpha value is -6.55. The van der Waals surface area contributed by atoms with Crippen LogP contribution in [0.25, 0.3) is 27.6 Å². The van der Waals surface area contributed by atoms with Crippen molar-refractivity contribution in [2.24, 2.45) is 4.99 Å². The van der Waals surface area contributed by atoms with Gasteiger partial charge in [-0.2, -0.15) is 6.07 Å². The molecule has 1 atom stereocenters. The average Bonchev–Trinajstić information content (AvgIpc) is 3.76. The third-order valence-electron chi connectivity index (χ3n) is 15.9. The van der Waals surface area contributed by atoms with Crippen LogP contribution < -0.4 is 9.80 Å². The number of rotatable bonds is 7. The summed E-state index contributed by atoms with van der Waals surface area (Å²) in [6.07, 6.45) is 1.95. The molecule has 0 fully saturated rings. The number of hydrogen-bond donors (Lipinski definition) is 0. The van der Waals surface area contributed by atoms with Crippen molar-refractivity contribution in [1.82, 2.24) is 9.55 Å². The standard InChI is InChI=1S/C65H63N5.Pt/c1-41-35-43(3)60(44(4)36-41)70-61(67-65(12,64(70,10)11)59(45-23-15-13-16-24-45)46-25-17-14-18-26-46)47-32-31-42(2)55(37-47)68-54-30-22-20-28-51(54)63(8,9)52-39-50-49-27-19-21-29-53(49)69(56(50)40-57(52)68)58-38-48(33-34-66-58)62(5,6)7;/h13-36,38-39,59H,1-12H3;/q-2;+2/t65-;/m1./s1. The Morgan fingerprint density at radius 3 is 1.87 bits per heavy atom. The van der Waals surface area contributed by atoms with Crippen LogP contribution in [-0.2, 0) is 31.9 Å². The topological polar surface area (TPSA) is 36.7 Å². The molecule has 4 heterocycles. The molecule has 0 radical (unpaired) electrons. The van der Waals surface area contributed by atoms with E-state index in [4.69, 9.17) is 9.98 Å². The summed E-state index contributed by atoms with van der Waals surface area (Å²) >= 11 is 0. The molecule has 2 aromatic heterocycles. The molecule has 7 aromatic carbocycles. The van der Waals surface area contributed by atoms with Gasteiger partial charge in [-0.3, -0.25) is 0 Å². The van der Waals surface area contributed by atoms with Crippen LogP contribution in [0, 0.1) is 39.8 Å². The minimum atomic E-state index is -0.632. The Kier molecular flexibility index (Phi) is 11.7. The third kappa shape index (κ3) is 7.52. The molecule has 0 spiro atoms. The number of para-hydroxylation sites is 2. The molecule has 0 saturated heterocycles. The second kappa shape index (κ2) is 17.3. The number of hydrogen-bond acceptors (Lipinski definition) is 4. The summed E-state index contributed by atoms with van der Waals surface area (Å²) in [7, 11) is 0. The Morgan fingerprint density at radius 1 is 0.592 bits per heavy atom. The van der Waals surface area contributed by atoms with Crippen molar-refractivity contribution in [3.63, 3.8) is 0 Å². The fourth-order valence-electron chi connectivity index (χ4n) is 12.0. The van der Waals surface area contributed by atoms with E-state index in [1.807, 2.05) is 6.20 Å². The maximum atomic E-state index is 6.10. The number of aromatic nitrogens is 2. The van der Waals surface area contributed by atoms with Crippen molar-refractivity contribution >= 4 is 50.4 Å². The third-order valence-corrected chi connectivity index (χ3v) is 15.9. The molecule has 11 rings (SSSR count). The van der Waals surface area contributed by atoms with Crippen molar-refractivity contribution < 1.29 is 21.1 Å². The normalized spacial score (nSPS) is 17.1. The second-order valence-electron chi connectivity index (χ2n) is 22.2. The fourth-order valence-corrected chi connectivity index (χ4v) is 12.0. The molecule has 0 aliphatic carbocycles. The summed E-state index contributed by atoms with van der Waals surface area (Å²) in [5.41, 5.74) is 16.8. The summed E-state index contributed by atoms with van der Waals surface area (Å²) in [4.78, 5) is 16.1. The molecule has 2 aliphatic heterocycles. The number of aliphatic imine (C=N–C) groups is 1. The van der Waals surface area contributed by atoms with Gasteiger partial charge >= 0.3 is 21.1 Å². The van der Waals surface area contributed by atoms with Crippen molar-refractivity contribution in [1.29, 1.82) is 0 Å². The van der Waals surface area contributed by atoms with Gasteiger partial charge < -0.3 is 19.4 Å². The molecule has 9 aromatic rings. The zero-order valence-electron chi connectivity index (χ0n) is 43.1. The molecular weight excluding hydrogens is 1050 g/mol. The number of fused-ring (bicyclic) bond motifs is 5. The van der Waals surface area contributed by atoms with Gasteiger partial charge in [0.25, 0.3) is 0 Å². The van der Waals surface area contributed by atoms with E-state index in [1.54, 1.807) is 0 Å². The van der Waals surface area contributed by atoms with E-state index in [0.29, 0.717) is 0 Å². The van der Waals surface area contributed by atoms with Crippen LogP contribution in [0.5, 0.6) is 0 Å². The smallest absolute Gasteiger partial charge is 0.358 e. The van der Waals surface area contributed by atoms with Crippen LogP contribution in [0.1, 0.15) is 117 Å². The summed E-state index contributed by atoms with van der Waals surface area (Å²) in [6, 6.07) is 63.8. The van der Waals surface area contributed by atoms with Gasteiger partial charge in [-0.25, -0.2) is 4.98 Å². The van der Waals surface area contributed by atoms with Gasteiger partial charge in [-0.15, -0.1) is 46.3 Å². The largest absolute Gasteiger partial charge is 2.00 e. The van der Waals surface area contributed by atoms with E-state index >= 15 is 0 Å². The Balaban J connectivity index is 0.00000582. The number of benzene rings is 7. The molecule has 0 unspecified atom stereocenters. The molecule has 0 amide bonds. The predicted octanol–water partition coefficient (Wildman–Crippen LogP) is 16.1. The Morgan fingerprint density at radius 2 is 1.21 bits per heavy atom. The molecule has 2 aliphatic rings. The minimum Gasteiger partial charge on any atom is -0.358 e. The maximum absolute atomic E-state index is 6.10. The van der Waals surface area contributed by atoms with Crippen molar-refractivity contribution in [3.05, 3.63) is 226 Å². The van der Waals surface area contributed by atoms with Gasteiger partial charge in [0, 0.05) is 29.0 Å². The summed E-state index contributed by atoms with van der Waals surface area (Å²) in [5.74, 6) is 1.75. The minimum absolute atomic E-state index is 0.